The van der Waals surface area contributed by atoms with Crippen LogP contribution in [0.3, 0.4) is 0 Å². The van der Waals surface area contributed by atoms with E-state index in [-0.39, 0.29) is 17.6 Å². The van der Waals surface area contributed by atoms with Gasteiger partial charge in [0.2, 0.25) is 5.91 Å². The van der Waals surface area contributed by atoms with Gasteiger partial charge in [0.25, 0.3) is 0 Å². The normalized spacial score (nSPS) is 34.1. The van der Waals surface area contributed by atoms with E-state index >= 15 is 0 Å². The Bertz CT molecular complexity index is 519. The number of aliphatic carboxylic acids is 1. The Hall–Kier alpha value is -1.05. The lowest BCUT2D eigenvalue weighted by molar-refractivity contribution is -0.161. The standard InChI is InChI=1S/C14H20N2O4S/c1-7(17)11-9-5-10(21-8-3-4-15(2)6-8)12(14(19)20)16(9)13(11)18/h7-9,11,17H,3-6H2,1-2H3,(H,19,20)/t7?,8?,9-,11?/m1/s1. The van der Waals surface area contributed by atoms with Gasteiger partial charge in [0.1, 0.15) is 5.70 Å². The fraction of sp³-hybridized carbons (Fsp3) is 0.714. The molecule has 3 aliphatic heterocycles. The van der Waals surface area contributed by atoms with Gasteiger partial charge in [-0.2, -0.15) is 0 Å². The van der Waals surface area contributed by atoms with Gasteiger partial charge in [-0.1, -0.05) is 0 Å². The Labute approximate surface area is 127 Å². The number of thioether (sulfide) groups is 1. The number of carboxylic acids is 1. The number of β-lactam (4-membered cyclic amide) rings is 1. The zero-order valence-electron chi connectivity index (χ0n) is 12.2. The zero-order valence-corrected chi connectivity index (χ0v) is 13.0. The van der Waals surface area contributed by atoms with Crippen molar-refractivity contribution in [3.05, 3.63) is 10.6 Å². The van der Waals surface area contributed by atoms with E-state index in [0.29, 0.717) is 11.7 Å². The van der Waals surface area contributed by atoms with Crippen molar-refractivity contribution in [2.24, 2.45) is 5.92 Å². The van der Waals surface area contributed by atoms with Crippen molar-refractivity contribution in [1.29, 1.82) is 0 Å². The minimum atomic E-state index is -1.04. The molecule has 21 heavy (non-hydrogen) atoms. The van der Waals surface area contributed by atoms with E-state index in [1.165, 1.54) is 4.90 Å². The quantitative estimate of drug-likeness (QED) is 0.728. The molecule has 0 saturated carbocycles. The highest BCUT2D eigenvalue weighted by molar-refractivity contribution is 8.03. The van der Waals surface area contributed by atoms with Gasteiger partial charge >= 0.3 is 5.97 Å². The van der Waals surface area contributed by atoms with Gasteiger partial charge < -0.3 is 20.0 Å². The predicted molar refractivity (Wildman–Crippen MR) is 78.6 cm³/mol. The Balaban J connectivity index is 1.79. The molecular weight excluding hydrogens is 292 g/mol. The summed E-state index contributed by atoms with van der Waals surface area (Å²) >= 11 is 1.60. The Morgan fingerprint density at radius 3 is 2.71 bits per heavy atom. The van der Waals surface area contributed by atoms with Gasteiger partial charge in [-0.3, -0.25) is 4.79 Å². The number of hydrogen-bond donors (Lipinski definition) is 2. The summed E-state index contributed by atoms with van der Waals surface area (Å²) < 4.78 is 0. The second kappa shape index (κ2) is 5.30. The molecule has 0 aromatic rings. The first kappa shape index (κ1) is 14.9. The number of likely N-dealkylation sites (tertiary alicyclic amines) is 1. The van der Waals surface area contributed by atoms with Crippen molar-refractivity contribution in [3.8, 4) is 0 Å². The Kier molecular flexibility index (Phi) is 3.75. The summed E-state index contributed by atoms with van der Waals surface area (Å²) in [4.78, 5) is 28.0. The van der Waals surface area contributed by atoms with Gasteiger partial charge in [-0.15, -0.1) is 11.8 Å². The van der Waals surface area contributed by atoms with Crippen LogP contribution in [0.2, 0.25) is 0 Å². The van der Waals surface area contributed by atoms with Crippen molar-refractivity contribution in [3.63, 3.8) is 0 Å². The van der Waals surface area contributed by atoms with Crippen molar-refractivity contribution >= 4 is 23.6 Å². The maximum absolute atomic E-state index is 12.1. The van der Waals surface area contributed by atoms with E-state index in [0.717, 1.165) is 24.4 Å². The second-order valence-electron chi connectivity index (χ2n) is 6.11. The SMILES string of the molecule is CC(O)C1C(=O)N2C(C(=O)O)=C(SC3CCN(C)C3)C[C@H]12. The van der Waals surface area contributed by atoms with Crippen LogP contribution in [0.15, 0.2) is 10.6 Å². The minimum absolute atomic E-state index is 0.140. The van der Waals surface area contributed by atoms with Crippen molar-refractivity contribution in [1.82, 2.24) is 9.80 Å². The van der Waals surface area contributed by atoms with Crippen LogP contribution in [0.5, 0.6) is 0 Å². The lowest BCUT2D eigenvalue weighted by atomic mass is 9.83. The maximum Gasteiger partial charge on any atom is 0.353 e. The number of rotatable bonds is 4. The molecule has 0 radical (unpaired) electrons. The highest BCUT2D eigenvalue weighted by Crippen LogP contribution is 2.48. The van der Waals surface area contributed by atoms with Gasteiger partial charge in [0.15, 0.2) is 0 Å². The summed E-state index contributed by atoms with van der Waals surface area (Å²) in [5, 5.41) is 19.5. The fourth-order valence-electron chi connectivity index (χ4n) is 3.53. The first-order valence-electron chi connectivity index (χ1n) is 7.23. The van der Waals surface area contributed by atoms with Crippen LogP contribution in [0.1, 0.15) is 19.8 Å². The summed E-state index contributed by atoms with van der Waals surface area (Å²) in [5.41, 5.74) is 0.140. The summed E-state index contributed by atoms with van der Waals surface area (Å²) in [7, 11) is 2.06. The van der Waals surface area contributed by atoms with E-state index in [4.69, 9.17) is 0 Å². The topological polar surface area (TPSA) is 81.1 Å². The van der Waals surface area contributed by atoms with Crippen LogP contribution in [0, 0.1) is 5.92 Å². The van der Waals surface area contributed by atoms with E-state index in [9.17, 15) is 19.8 Å². The molecule has 3 rings (SSSR count). The average molecular weight is 312 g/mol. The van der Waals surface area contributed by atoms with Gasteiger partial charge in [-0.25, -0.2) is 4.79 Å². The number of hydrogen-bond acceptors (Lipinski definition) is 5. The molecule has 6 nitrogen and oxygen atoms in total. The third-order valence-electron chi connectivity index (χ3n) is 4.55. The van der Waals surface area contributed by atoms with Gasteiger partial charge in [0, 0.05) is 23.1 Å². The number of carbonyl (C=O) groups excluding carboxylic acids is 1. The highest BCUT2D eigenvalue weighted by Gasteiger charge is 2.56. The van der Waals surface area contributed by atoms with Crippen LogP contribution in [-0.2, 0) is 9.59 Å². The summed E-state index contributed by atoms with van der Waals surface area (Å²) in [6.45, 7) is 3.56. The monoisotopic (exact) mass is 312 g/mol. The van der Waals surface area contributed by atoms with Crippen LogP contribution < -0.4 is 0 Å². The van der Waals surface area contributed by atoms with Crippen LogP contribution in [0.4, 0.5) is 0 Å². The number of nitrogens with zero attached hydrogens (tertiary/aromatic N) is 2. The highest BCUT2D eigenvalue weighted by atomic mass is 32.2. The number of aliphatic hydroxyl groups excluding tert-OH is 1. The maximum atomic E-state index is 12.1. The largest absolute Gasteiger partial charge is 0.477 e. The molecule has 4 atom stereocenters. The number of carbonyl (C=O) groups is 2. The summed E-state index contributed by atoms with van der Waals surface area (Å²) in [6.07, 6.45) is 0.875. The van der Waals surface area contributed by atoms with Gasteiger partial charge in [0.05, 0.1) is 18.1 Å². The molecule has 116 valence electrons. The molecule has 1 amide bonds. The molecule has 7 heteroatoms. The van der Waals surface area contributed by atoms with E-state index in [2.05, 4.69) is 11.9 Å². The number of amides is 1. The van der Waals surface area contributed by atoms with E-state index < -0.39 is 18.0 Å². The minimum Gasteiger partial charge on any atom is -0.477 e. The molecule has 0 bridgehead atoms. The summed E-state index contributed by atoms with van der Waals surface area (Å²) in [6, 6.07) is -0.176. The van der Waals surface area contributed by atoms with Crippen LogP contribution >= 0.6 is 11.8 Å². The smallest absolute Gasteiger partial charge is 0.353 e. The molecule has 2 fully saturated rings. The third-order valence-corrected chi connectivity index (χ3v) is 5.91. The average Bonchev–Trinajstić information content (AvgIpc) is 2.91. The zero-order chi connectivity index (χ0) is 15.3. The predicted octanol–water partition coefficient (Wildman–Crippen LogP) is 0.331. The number of aliphatic hydroxyl groups is 1. The molecule has 2 saturated heterocycles. The molecule has 3 aliphatic rings. The van der Waals surface area contributed by atoms with E-state index in [1.54, 1.807) is 18.7 Å². The van der Waals surface area contributed by atoms with Gasteiger partial charge in [-0.05, 0) is 26.9 Å². The molecule has 0 spiro atoms. The number of fused-ring (bicyclic) bond motifs is 1. The van der Waals surface area contributed by atoms with Crippen LogP contribution in [0.25, 0.3) is 0 Å². The molecule has 2 N–H and O–H groups in total. The molecule has 0 aromatic heterocycles. The van der Waals surface area contributed by atoms with Crippen molar-refractivity contribution < 1.29 is 19.8 Å². The molecule has 0 aliphatic carbocycles. The Morgan fingerprint density at radius 1 is 1.48 bits per heavy atom. The van der Waals surface area contributed by atoms with Crippen molar-refractivity contribution in [2.45, 2.75) is 37.2 Å². The lowest BCUT2D eigenvalue weighted by Gasteiger charge is -2.44. The van der Waals surface area contributed by atoms with Crippen LogP contribution in [-0.4, -0.2) is 69.4 Å². The van der Waals surface area contributed by atoms with Crippen molar-refractivity contribution in [2.75, 3.05) is 20.1 Å². The molecule has 0 aromatic carbocycles. The molecule has 3 heterocycles. The fourth-order valence-corrected chi connectivity index (χ4v) is 5.05. The van der Waals surface area contributed by atoms with E-state index in [1.807, 2.05) is 0 Å². The first-order valence-corrected chi connectivity index (χ1v) is 8.11. The number of carboxylic acid groups (broad SMARTS) is 1. The Morgan fingerprint density at radius 2 is 2.19 bits per heavy atom. The lowest BCUT2D eigenvalue weighted by Crippen LogP contribution is -2.61. The third kappa shape index (κ3) is 2.37. The second-order valence-corrected chi connectivity index (χ2v) is 7.51. The first-order chi connectivity index (χ1) is 9.90. The summed E-state index contributed by atoms with van der Waals surface area (Å²) in [5.74, 6) is -1.75. The molecule has 3 unspecified atom stereocenters. The molecular formula is C14H20N2O4S.